The van der Waals surface area contributed by atoms with Crippen molar-refractivity contribution in [1.29, 1.82) is 0 Å². The number of carboxylic acid groups (broad SMARTS) is 1. The molecule has 0 bridgehead atoms. The minimum atomic E-state index is -1.23. The Morgan fingerprint density at radius 2 is 2.00 bits per heavy atom. The second kappa shape index (κ2) is 13.0. The lowest BCUT2D eigenvalue weighted by Crippen LogP contribution is -2.63. The van der Waals surface area contributed by atoms with Gasteiger partial charge in [0, 0.05) is 35.2 Å². The molecule has 228 valence electrons. The summed E-state index contributed by atoms with van der Waals surface area (Å²) in [7, 11) is 0. The first-order valence-electron chi connectivity index (χ1n) is 14.9. The minimum absolute atomic E-state index is 0.119. The SMILES string of the molecule is C=C(C)[C@@H]1CCC(C)=C[C@H]1c1c(O)cc(CCCCC)cc1OC(=S)OCC1=C(C(=O)O)N2C(=O)[C@H]([C@@H](C)O)[C@H]2[C@H]1C. The molecule has 2 heterocycles. The molecule has 3 aliphatic rings. The number of aliphatic hydroxyl groups excluding tert-OH is 1. The van der Waals surface area contributed by atoms with Gasteiger partial charge < -0.3 is 29.7 Å². The number of phenols is 1. The van der Waals surface area contributed by atoms with Gasteiger partial charge in [0.1, 0.15) is 23.8 Å². The van der Waals surface area contributed by atoms with Crippen molar-refractivity contribution in [1.82, 2.24) is 4.90 Å². The molecule has 8 nitrogen and oxygen atoms in total. The Kier molecular flexibility index (Phi) is 9.83. The first-order chi connectivity index (χ1) is 19.9. The molecule has 0 unspecified atom stereocenters. The highest BCUT2D eigenvalue weighted by Gasteiger charge is 2.59. The number of β-lactam (4-membered cyclic amide) rings is 1. The van der Waals surface area contributed by atoms with Crippen LogP contribution in [-0.2, 0) is 20.7 Å². The molecule has 4 rings (SSSR count). The second-order valence-electron chi connectivity index (χ2n) is 12.1. The van der Waals surface area contributed by atoms with Crippen LogP contribution in [0.2, 0.25) is 0 Å². The molecule has 0 aromatic heterocycles. The first-order valence-corrected chi connectivity index (χ1v) is 15.3. The number of phenolic OH excluding ortho intramolecular Hbond substituents is 1. The molecule has 0 spiro atoms. The zero-order valence-corrected chi connectivity index (χ0v) is 26.0. The number of aromatic hydroxyl groups is 1. The summed E-state index contributed by atoms with van der Waals surface area (Å²) >= 11 is 5.48. The van der Waals surface area contributed by atoms with Crippen molar-refractivity contribution in [2.75, 3.05) is 6.61 Å². The molecule has 1 aliphatic carbocycles. The third-order valence-corrected chi connectivity index (χ3v) is 9.22. The summed E-state index contributed by atoms with van der Waals surface area (Å²) in [6, 6.07) is 3.27. The minimum Gasteiger partial charge on any atom is -0.507 e. The van der Waals surface area contributed by atoms with E-state index in [0.29, 0.717) is 16.9 Å². The van der Waals surface area contributed by atoms with Crippen molar-refractivity contribution in [3.8, 4) is 11.5 Å². The number of aryl methyl sites for hydroxylation is 1. The van der Waals surface area contributed by atoms with Crippen molar-refractivity contribution in [2.45, 2.75) is 91.2 Å². The Bertz CT molecular complexity index is 1330. The Hall–Kier alpha value is -3.17. The van der Waals surface area contributed by atoms with E-state index in [-0.39, 0.29) is 41.0 Å². The molecule has 1 amide bonds. The highest BCUT2D eigenvalue weighted by Crippen LogP contribution is 2.48. The fourth-order valence-electron chi connectivity index (χ4n) is 6.81. The molecule has 0 radical (unpaired) electrons. The number of carbonyl (C=O) groups excluding carboxylic acids is 1. The van der Waals surface area contributed by atoms with Gasteiger partial charge in [-0.05, 0) is 70.1 Å². The fourth-order valence-corrected chi connectivity index (χ4v) is 6.96. The Labute approximate surface area is 253 Å². The Balaban J connectivity index is 1.61. The van der Waals surface area contributed by atoms with Gasteiger partial charge in [0.15, 0.2) is 0 Å². The molecule has 2 aliphatic heterocycles. The number of unbranched alkanes of at least 4 members (excludes halogenated alkanes) is 2. The standard InChI is InChI=1S/C33H43NO7S/c1-7-8-9-10-21-14-25(36)28(23-13-18(4)11-12-22(23)17(2)3)26(15-21)41-33(42)40-16-24-19(5)29-27(20(6)35)31(37)34(29)30(24)32(38)39/h13-15,19-20,22-23,27,29,35-36H,2,7-12,16H2,1,3-6H3,(H,38,39)/t19-,20+,22-,23+,27+,29+/m0/s1. The number of carboxylic acids is 1. The number of thiocarbonyl (C=S) groups is 1. The van der Waals surface area contributed by atoms with Crippen LogP contribution in [0.15, 0.2) is 47.2 Å². The van der Waals surface area contributed by atoms with E-state index in [1.807, 2.05) is 19.9 Å². The van der Waals surface area contributed by atoms with Gasteiger partial charge in [0.2, 0.25) is 5.91 Å². The number of hydrogen-bond donors (Lipinski definition) is 3. The number of amides is 1. The van der Waals surface area contributed by atoms with E-state index in [4.69, 9.17) is 21.7 Å². The monoisotopic (exact) mass is 597 g/mol. The number of hydrogen-bond acceptors (Lipinski definition) is 7. The fraction of sp³-hybridized carbons (Fsp3) is 0.545. The lowest BCUT2D eigenvalue weighted by Gasteiger charge is -2.46. The highest BCUT2D eigenvalue weighted by molar-refractivity contribution is 7.79. The molecule has 0 saturated carbocycles. The summed E-state index contributed by atoms with van der Waals surface area (Å²) in [4.78, 5) is 26.1. The molecule has 1 saturated heterocycles. The van der Waals surface area contributed by atoms with E-state index >= 15 is 0 Å². The number of rotatable bonds is 11. The van der Waals surface area contributed by atoms with Crippen LogP contribution in [0.1, 0.15) is 83.8 Å². The average molecular weight is 598 g/mol. The largest absolute Gasteiger partial charge is 0.507 e. The van der Waals surface area contributed by atoms with Gasteiger partial charge in [0.05, 0.1) is 18.1 Å². The number of aliphatic carboxylic acids is 1. The van der Waals surface area contributed by atoms with Crippen LogP contribution in [0.4, 0.5) is 0 Å². The quantitative estimate of drug-likeness (QED) is 0.123. The van der Waals surface area contributed by atoms with Crippen LogP contribution in [0.25, 0.3) is 0 Å². The third kappa shape index (κ3) is 6.13. The molecule has 1 aromatic rings. The van der Waals surface area contributed by atoms with Gasteiger partial charge in [0.25, 0.3) is 0 Å². The van der Waals surface area contributed by atoms with Crippen molar-refractivity contribution in [3.05, 3.63) is 58.3 Å². The van der Waals surface area contributed by atoms with E-state index in [2.05, 4.69) is 26.5 Å². The predicted molar refractivity (Wildman–Crippen MR) is 164 cm³/mol. The second-order valence-corrected chi connectivity index (χ2v) is 12.4. The molecule has 42 heavy (non-hydrogen) atoms. The Morgan fingerprint density at radius 3 is 2.62 bits per heavy atom. The van der Waals surface area contributed by atoms with Gasteiger partial charge >= 0.3 is 11.2 Å². The summed E-state index contributed by atoms with van der Waals surface area (Å²) in [5.41, 5.74) is 4.10. The topological polar surface area (TPSA) is 117 Å². The normalized spacial score (nSPS) is 25.9. The summed E-state index contributed by atoms with van der Waals surface area (Å²) in [5.74, 6) is -2.13. The number of benzene rings is 1. The lowest BCUT2D eigenvalue weighted by atomic mass is 9.73. The Morgan fingerprint density at radius 1 is 1.29 bits per heavy atom. The maximum atomic E-state index is 12.7. The maximum absolute atomic E-state index is 12.7. The van der Waals surface area contributed by atoms with Crippen molar-refractivity contribution in [3.63, 3.8) is 0 Å². The molecule has 3 N–H and O–H groups in total. The molecule has 1 aromatic carbocycles. The number of nitrogens with zero attached hydrogens (tertiary/aromatic N) is 1. The van der Waals surface area contributed by atoms with Crippen LogP contribution in [-0.4, -0.2) is 56.1 Å². The van der Waals surface area contributed by atoms with E-state index < -0.39 is 29.9 Å². The number of allylic oxidation sites excluding steroid dienone is 3. The third-order valence-electron chi connectivity index (χ3n) is 9.02. The summed E-state index contributed by atoms with van der Waals surface area (Å²) < 4.78 is 12.0. The van der Waals surface area contributed by atoms with Crippen LogP contribution in [0.5, 0.6) is 11.5 Å². The maximum Gasteiger partial charge on any atom is 0.358 e. The molecule has 1 fully saturated rings. The number of aliphatic hydroxyl groups is 1. The van der Waals surface area contributed by atoms with Crippen molar-refractivity contribution >= 4 is 29.3 Å². The van der Waals surface area contributed by atoms with Crippen LogP contribution in [0.3, 0.4) is 0 Å². The van der Waals surface area contributed by atoms with Crippen LogP contribution >= 0.6 is 12.2 Å². The van der Waals surface area contributed by atoms with Crippen LogP contribution < -0.4 is 4.74 Å². The predicted octanol–water partition coefficient (Wildman–Crippen LogP) is 6.02. The van der Waals surface area contributed by atoms with Gasteiger partial charge in [-0.2, -0.15) is 0 Å². The molecule has 6 atom stereocenters. The van der Waals surface area contributed by atoms with Gasteiger partial charge in [-0.3, -0.25) is 4.79 Å². The smallest absolute Gasteiger partial charge is 0.358 e. The zero-order chi connectivity index (χ0) is 30.9. The van der Waals surface area contributed by atoms with E-state index in [1.165, 1.54) is 17.4 Å². The van der Waals surface area contributed by atoms with Crippen LogP contribution in [0, 0.1) is 17.8 Å². The molecular formula is C33H43NO7S. The first kappa shape index (κ1) is 31.8. The lowest BCUT2D eigenvalue weighted by molar-refractivity contribution is -0.163. The molecule has 9 heteroatoms. The van der Waals surface area contributed by atoms with Gasteiger partial charge in [-0.25, -0.2) is 4.79 Å². The van der Waals surface area contributed by atoms with Crippen molar-refractivity contribution in [2.24, 2.45) is 17.8 Å². The van der Waals surface area contributed by atoms with E-state index in [1.54, 1.807) is 6.07 Å². The number of fused-ring (bicyclic) bond motifs is 1. The van der Waals surface area contributed by atoms with Gasteiger partial charge in [-0.15, -0.1) is 0 Å². The van der Waals surface area contributed by atoms with E-state index in [0.717, 1.165) is 49.7 Å². The molecular weight excluding hydrogens is 554 g/mol. The van der Waals surface area contributed by atoms with Crippen molar-refractivity contribution < 1.29 is 34.4 Å². The highest BCUT2D eigenvalue weighted by atomic mass is 32.1. The number of ether oxygens (including phenoxy) is 2. The van der Waals surface area contributed by atoms with Gasteiger partial charge in [-0.1, -0.05) is 50.5 Å². The average Bonchev–Trinajstić information content (AvgIpc) is 3.15. The summed E-state index contributed by atoms with van der Waals surface area (Å²) in [6.45, 7) is 13.6. The van der Waals surface area contributed by atoms with E-state index in [9.17, 15) is 24.9 Å². The summed E-state index contributed by atoms with van der Waals surface area (Å²) in [6.07, 6.45) is 7.03. The number of carbonyl (C=O) groups is 2. The summed E-state index contributed by atoms with van der Waals surface area (Å²) in [5, 5.41) is 31.1. The zero-order valence-electron chi connectivity index (χ0n) is 25.2.